The normalized spacial score (nSPS) is 41.2. The molecule has 2 N–H and O–H groups in total. The first kappa shape index (κ1) is 11.1. The largest absolute Gasteiger partial charge is 0.385 e. The van der Waals surface area contributed by atoms with Crippen molar-refractivity contribution in [2.75, 3.05) is 6.61 Å². The van der Waals surface area contributed by atoms with E-state index in [-0.39, 0.29) is 12.7 Å². The predicted octanol–water partition coefficient (Wildman–Crippen LogP) is 0.179. The maximum Gasteiger partial charge on any atom is 0.184 e. The molecule has 2 fully saturated rings. The minimum atomic E-state index is -1.20. The lowest BCUT2D eigenvalue weighted by atomic mass is 10.1. The van der Waals surface area contributed by atoms with E-state index in [9.17, 15) is 10.2 Å². The zero-order valence-corrected chi connectivity index (χ0v) is 9.10. The molecule has 92 valence electrons. The highest BCUT2D eigenvalue weighted by molar-refractivity contribution is 5.17. The minimum absolute atomic E-state index is 0.228. The zero-order chi connectivity index (χ0) is 11.8. The quantitative estimate of drug-likeness (QED) is 0.730. The van der Waals surface area contributed by atoms with Gasteiger partial charge in [0.1, 0.15) is 18.3 Å². The number of benzene rings is 1. The molecule has 0 spiro atoms. The highest BCUT2D eigenvalue weighted by Crippen LogP contribution is 2.35. The molecule has 0 saturated carbocycles. The SMILES string of the molecule is O[C@H]1[C@@H]2O[C@H](c3ccccc3)O[C@@H]2CO[C@@H]1O. The second-order valence-corrected chi connectivity index (χ2v) is 4.23. The molecule has 5 heteroatoms. The van der Waals surface area contributed by atoms with Gasteiger partial charge >= 0.3 is 0 Å². The van der Waals surface area contributed by atoms with Crippen LogP contribution < -0.4 is 0 Å². The zero-order valence-electron chi connectivity index (χ0n) is 9.10. The second-order valence-electron chi connectivity index (χ2n) is 4.23. The molecule has 1 aromatic carbocycles. The monoisotopic (exact) mass is 238 g/mol. The Hall–Kier alpha value is -0.980. The van der Waals surface area contributed by atoms with Crippen LogP contribution in [0.15, 0.2) is 30.3 Å². The number of aliphatic hydroxyl groups is 2. The third kappa shape index (κ3) is 1.96. The third-order valence-electron chi connectivity index (χ3n) is 3.08. The summed E-state index contributed by atoms with van der Waals surface area (Å²) in [6.45, 7) is 0.228. The van der Waals surface area contributed by atoms with Crippen LogP contribution in [0.25, 0.3) is 0 Å². The first-order valence-corrected chi connectivity index (χ1v) is 5.59. The van der Waals surface area contributed by atoms with E-state index < -0.39 is 24.8 Å². The number of hydrogen-bond donors (Lipinski definition) is 2. The molecular weight excluding hydrogens is 224 g/mol. The molecule has 0 radical (unpaired) electrons. The van der Waals surface area contributed by atoms with Crippen molar-refractivity contribution < 1.29 is 24.4 Å². The topological polar surface area (TPSA) is 68.2 Å². The van der Waals surface area contributed by atoms with Crippen LogP contribution in [0.4, 0.5) is 0 Å². The van der Waals surface area contributed by atoms with E-state index in [4.69, 9.17) is 14.2 Å². The summed E-state index contributed by atoms with van der Waals surface area (Å²) in [7, 11) is 0. The smallest absolute Gasteiger partial charge is 0.184 e. The molecule has 0 unspecified atom stereocenters. The van der Waals surface area contributed by atoms with E-state index in [1.165, 1.54) is 0 Å². The fourth-order valence-electron chi connectivity index (χ4n) is 2.15. The first-order chi connectivity index (χ1) is 8.25. The fourth-order valence-corrected chi connectivity index (χ4v) is 2.15. The van der Waals surface area contributed by atoms with Crippen LogP contribution in [-0.2, 0) is 14.2 Å². The van der Waals surface area contributed by atoms with Crippen LogP contribution in [0.5, 0.6) is 0 Å². The van der Waals surface area contributed by atoms with Crippen molar-refractivity contribution in [3.8, 4) is 0 Å². The lowest BCUT2D eigenvalue weighted by Gasteiger charge is -2.31. The summed E-state index contributed by atoms with van der Waals surface area (Å²) >= 11 is 0. The van der Waals surface area contributed by atoms with Crippen LogP contribution in [0.2, 0.25) is 0 Å². The molecule has 2 saturated heterocycles. The number of fused-ring (bicyclic) bond motifs is 1. The van der Waals surface area contributed by atoms with Gasteiger partial charge in [0.25, 0.3) is 0 Å². The highest BCUT2D eigenvalue weighted by atomic mass is 16.8. The molecule has 0 aliphatic carbocycles. The number of hydrogen-bond acceptors (Lipinski definition) is 5. The Balaban J connectivity index is 1.77. The molecular formula is C12H14O5. The van der Waals surface area contributed by atoms with Crippen LogP contribution >= 0.6 is 0 Å². The van der Waals surface area contributed by atoms with Gasteiger partial charge < -0.3 is 24.4 Å². The Labute approximate surface area is 98.5 Å². The Morgan fingerprint density at radius 1 is 1.06 bits per heavy atom. The van der Waals surface area contributed by atoms with Gasteiger partial charge in [-0.2, -0.15) is 0 Å². The molecule has 17 heavy (non-hydrogen) atoms. The van der Waals surface area contributed by atoms with Gasteiger partial charge in [-0.25, -0.2) is 0 Å². The van der Waals surface area contributed by atoms with Crippen molar-refractivity contribution in [2.24, 2.45) is 0 Å². The van der Waals surface area contributed by atoms with Gasteiger partial charge in [0.2, 0.25) is 0 Å². The third-order valence-corrected chi connectivity index (χ3v) is 3.08. The van der Waals surface area contributed by atoms with Crippen molar-refractivity contribution in [1.82, 2.24) is 0 Å². The fraction of sp³-hybridized carbons (Fsp3) is 0.500. The molecule has 0 aromatic heterocycles. The number of aliphatic hydroxyl groups excluding tert-OH is 2. The van der Waals surface area contributed by atoms with Crippen LogP contribution in [0.3, 0.4) is 0 Å². The Morgan fingerprint density at radius 2 is 1.82 bits per heavy atom. The Bertz CT molecular complexity index is 382. The lowest BCUT2D eigenvalue weighted by molar-refractivity contribution is -0.229. The summed E-state index contributed by atoms with van der Waals surface area (Å²) in [5, 5.41) is 19.1. The van der Waals surface area contributed by atoms with Crippen molar-refractivity contribution in [1.29, 1.82) is 0 Å². The van der Waals surface area contributed by atoms with E-state index in [1.807, 2.05) is 30.3 Å². The highest BCUT2D eigenvalue weighted by Gasteiger charge is 2.47. The maximum atomic E-state index is 9.73. The van der Waals surface area contributed by atoms with Gasteiger partial charge in [0, 0.05) is 5.56 Å². The summed E-state index contributed by atoms with van der Waals surface area (Å²) in [5.74, 6) is 0. The summed E-state index contributed by atoms with van der Waals surface area (Å²) in [4.78, 5) is 0. The van der Waals surface area contributed by atoms with Crippen molar-refractivity contribution in [3.05, 3.63) is 35.9 Å². The molecule has 2 aliphatic heterocycles. The van der Waals surface area contributed by atoms with Crippen LogP contribution in [0, 0.1) is 0 Å². The first-order valence-electron chi connectivity index (χ1n) is 5.59. The Morgan fingerprint density at radius 3 is 2.59 bits per heavy atom. The van der Waals surface area contributed by atoms with Crippen molar-refractivity contribution in [3.63, 3.8) is 0 Å². The van der Waals surface area contributed by atoms with Gasteiger partial charge in [-0.05, 0) is 0 Å². The molecule has 0 amide bonds. The average molecular weight is 238 g/mol. The predicted molar refractivity (Wildman–Crippen MR) is 56.9 cm³/mol. The van der Waals surface area contributed by atoms with Gasteiger partial charge in [-0.3, -0.25) is 0 Å². The van der Waals surface area contributed by atoms with Gasteiger partial charge in [-0.15, -0.1) is 0 Å². The summed E-state index contributed by atoms with van der Waals surface area (Å²) in [5.41, 5.74) is 0.892. The molecule has 5 nitrogen and oxygen atoms in total. The van der Waals surface area contributed by atoms with E-state index in [0.717, 1.165) is 5.56 Å². The van der Waals surface area contributed by atoms with E-state index in [2.05, 4.69) is 0 Å². The summed E-state index contributed by atoms with van der Waals surface area (Å²) < 4.78 is 16.3. The maximum absolute atomic E-state index is 9.73. The Kier molecular flexibility index (Phi) is 2.85. The standard InChI is InChI=1S/C12H14O5/c13-9-10-8(6-15-11(9)14)16-12(17-10)7-4-2-1-3-5-7/h1-5,8-14H,6H2/t8-,9+,10-,11+,12-/m1/s1. The molecule has 0 bridgehead atoms. The van der Waals surface area contributed by atoms with Gasteiger partial charge in [0.05, 0.1) is 6.61 Å². The van der Waals surface area contributed by atoms with Crippen LogP contribution in [0.1, 0.15) is 11.9 Å². The van der Waals surface area contributed by atoms with E-state index in [1.54, 1.807) is 0 Å². The number of rotatable bonds is 1. The van der Waals surface area contributed by atoms with Gasteiger partial charge in [0.15, 0.2) is 12.6 Å². The molecule has 1 aromatic rings. The lowest BCUT2D eigenvalue weighted by Crippen LogP contribution is -2.51. The minimum Gasteiger partial charge on any atom is -0.385 e. The summed E-state index contributed by atoms with van der Waals surface area (Å²) in [6.07, 6.45) is -3.64. The van der Waals surface area contributed by atoms with Crippen molar-refractivity contribution in [2.45, 2.75) is 30.9 Å². The molecule has 5 atom stereocenters. The number of ether oxygens (including phenoxy) is 3. The molecule has 3 rings (SSSR count). The molecule has 2 heterocycles. The van der Waals surface area contributed by atoms with Crippen LogP contribution in [-0.4, -0.2) is 41.4 Å². The van der Waals surface area contributed by atoms with E-state index in [0.29, 0.717) is 0 Å². The van der Waals surface area contributed by atoms with Crippen molar-refractivity contribution >= 4 is 0 Å². The average Bonchev–Trinajstić information content (AvgIpc) is 2.80. The van der Waals surface area contributed by atoms with Gasteiger partial charge in [-0.1, -0.05) is 30.3 Å². The molecule has 2 aliphatic rings. The summed E-state index contributed by atoms with van der Waals surface area (Å²) in [6, 6.07) is 9.49. The second kappa shape index (κ2) is 4.36. The van der Waals surface area contributed by atoms with E-state index >= 15 is 0 Å².